The molecule has 166 valence electrons. The van der Waals surface area contributed by atoms with Crippen LogP contribution in [-0.2, 0) is 6.54 Å². The summed E-state index contributed by atoms with van der Waals surface area (Å²) < 4.78 is 28.0. The first-order chi connectivity index (χ1) is 15.7. The lowest BCUT2D eigenvalue weighted by atomic mass is 10.1. The van der Waals surface area contributed by atoms with Gasteiger partial charge in [0.15, 0.2) is 10.9 Å². The van der Waals surface area contributed by atoms with Crippen LogP contribution in [0.1, 0.15) is 15.9 Å². The van der Waals surface area contributed by atoms with E-state index in [1.807, 2.05) is 0 Å². The molecule has 0 bridgehead atoms. The third kappa shape index (κ3) is 4.48. The number of aromatic nitrogens is 2. The number of amides is 1. The lowest BCUT2D eigenvalue weighted by molar-refractivity contribution is -0.394. The number of hydrogen-bond donors (Lipinski definition) is 0. The summed E-state index contributed by atoms with van der Waals surface area (Å²) in [5.41, 5.74) is -1.26. The van der Waals surface area contributed by atoms with Gasteiger partial charge in [0, 0.05) is 30.6 Å². The Balaban J connectivity index is 1.85. The van der Waals surface area contributed by atoms with Gasteiger partial charge in [-0.05, 0) is 17.7 Å². The fourth-order valence-corrected chi connectivity index (χ4v) is 4.05. The monoisotopic (exact) mass is 471 g/mol. The lowest BCUT2D eigenvalue weighted by Gasteiger charge is -2.20. The highest BCUT2D eigenvalue weighted by Crippen LogP contribution is 2.33. The number of nitro groups is 2. The number of benzene rings is 2. The highest BCUT2D eigenvalue weighted by molar-refractivity contribution is 7.22. The van der Waals surface area contributed by atoms with E-state index < -0.39 is 38.8 Å². The van der Waals surface area contributed by atoms with Gasteiger partial charge in [0.1, 0.15) is 11.3 Å². The average Bonchev–Trinajstić information content (AvgIpc) is 3.21. The number of non-ortho nitro benzene ring substituents is 2. The summed E-state index contributed by atoms with van der Waals surface area (Å²) in [6.45, 7) is -0.132. The number of pyridine rings is 1. The maximum absolute atomic E-state index is 14.2. The van der Waals surface area contributed by atoms with E-state index in [-0.39, 0.29) is 27.5 Å². The van der Waals surface area contributed by atoms with Crippen molar-refractivity contribution in [1.29, 1.82) is 0 Å². The van der Waals surface area contributed by atoms with Gasteiger partial charge in [-0.1, -0.05) is 17.4 Å². The fraction of sp³-hybridized carbons (Fsp3) is 0.0500. The first-order valence-corrected chi connectivity index (χ1v) is 9.95. The molecule has 0 N–H and O–H groups in total. The van der Waals surface area contributed by atoms with Crippen molar-refractivity contribution in [3.63, 3.8) is 0 Å². The van der Waals surface area contributed by atoms with Crippen molar-refractivity contribution in [3.05, 3.63) is 97.8 Å². The van der Waals surface area contributed by atoms with Gasteiger partial charge in [-0.25, -0.2) is 13.8 Å². The molecule has 0 spiro atoms. The molecule has 2 heterocycles. The normalized spacial score (nSPS) is 10.8. The second kappa shape index (κ2) is 8.63. The van der Waals surface area contributed by atoms with Crippen LogP contribution in [0.25, 0.3) is 10.2 Å². The van der Waals surface area contributed by atoms with Crippen LogP contribution in [-0.4, -0.2) is 25.7 Å². The third-order valence-corrected chi connectivity index (χ3v) is 5.54. The van der Waals surface area contributed by atoms with Crippen molar-refractivity contribution in [2.45, 2.75) is 6.54 Å². The van der Waals surface area contributed by atoms with Crippen LogP contribution in [0.3, 0.4) is 0 Å². The molecular weight excluding hydrogens is 460 g/mol. The molecule has 4 aromatic rings. The minimum atomic E-state index is -0.924. The molecule has 4 rings (SSSR count). The fourth-order valence-electron chi connectivity index (χ4n) is 3.05. The second-order valence-corrected chi connectivity index (χ2v) is 7.74. The minimum Gasteiger partial charge on any atom is -0.279 e. The molecule has 0 radical (unpaired) electrons. The standard InChI is InChI=1S/C20H11F2N5O5S/c21-13-6-16(22)18-17(7-13)33-20(24-18)25(10-11-2-1-3-23-9-11)19(28)12-4-14(26(29)30)8-15(5-12)27(31)32/h1-9H,10H2. The Kier molecular flexibility index (Phi) is 5.70. The highest BCUT2D eigenvalue weighted by atomic mass is 32.1. The molecule has 0 aliphatic heterocycles. The van der Waals surface area contributed by atoms with Crippen molar-refractivity contribution >= 4 is 44.0 Å². The molecule has 2 aromatic heterocycles. The molecule has 0 saturated heterocycles. The van der Waals surface area contributed by atoms with Gasteiger partial charge < -0.3 is 0 Å². The minimum absolute atomic E-state index is 0.0301. The smallest absolute Gasteiger partial charge is 0.277 e. The summed E-state index contributed by atoms with van der Waals surface area (Å²) in [4.78, 5) is 43.3. The van der Waals surface area contributed by atoms with Gasteiger partial charge in [-0.15, -0.1) is 0 Å². The summed E-state index contributed by atoms with van der Waals surface area (Å²) in [5.74, 6) is -2.60. The number of fused-ring (bicyclic) bond motifs is 1. The van der Waals surface area contributed by atoms with Gasteiger partial charge >= 0.3 is 0 Å². The number of thiazole rings is 1. The van der Waals surface area contributed by atoms with Crippen molar-refractivity contribution in [1.82, 2.24) is 9.97 Å². The Morgan fingerprint density at radius 3 is 2.36 bits per heavy atom. The van der Waals surface area contributed by atoms with Crippen LogP contribution >= 0.6 is 11.3 Å². The van der Waals surface area contributed by atoms with E-state index in [4.69, 9.17) is 0 Å². The predicted octanol–water partition coefficient (Wildman–Crippen LogP) is 4.63. The molecule has 33 heavy (non-hydrogen) atoms. The van der Waals surface area contributed by atoms with Crippen molar-refractivity contribution in [3.8, 4) is 0 Å². The molecule has 13 heteroatoms. The highest BCUT2D eigenvalue weighted by Gasteiger charge is 2.27. The number of rotatable bonds is 6. The lowest BCUT2D eigenvalue weighted by Crippen LogP contribution is -2.30. The molecule has 0 aliphatic carbocycles. The Morgan fingerprint density at radius 1 is 1.06 bits per heavy atom. The summed E-state index contributed by atoms with van der Waals surface area (Å²) in [6, 6.07) is 7.52. The van der Waals surface area contributed by atoms with Crippen LogP contribution in [0.2, 0.25) is 0 Å². The van der Waals surface area contributed by atoms with E-state index in [0.717, 1.165) is 40.5 Å². The number of carbonyl (C=O) groups excluding carboxylic acids is 1. The van der Waals surface area contributed by atoms with Crippen molar-refractivity contribution in [2.24, 2.45) is 0 Å². The van der Waals surface area contributed by atoms with Gasteiger partial charge in [0.25, 0.3) is 17.3 Å². The van der Waals surface area contributed by atoms with Crippen molar-refractivity contribution < 1.29 is 23.4 Å². The number of nitrogens with zero attached hydrogens (tertiary/aromatic N) is 5. The Morgan fingerprint density at radius 2 is 1.76 bits per heavy atom. The number of halogens is 2. The maximum atomic E-state index is 14.2. The SMILES string of the molecule is O=C(c1cc([N+](=O)[O-])cc([N+](=O)[O-])c1)N(Cc1cccnc1)c1nc2c(F)cc(F)cc2s1. The zero-order valence-corrected chi connectivity index (χ0v) is 17.2. The molecular formula is C20H11F2N5O5S. The molecule has 0 saturated carbocycles. The number of nitro benzene ring substituents is 2. The Bertz CT molecular complexity index is 1380. The zero-order chi connectivity index (χ0) is 23.7. The van der Waals surface area contributed by atoms with Gasteiger partial charge in [-0.3, -0.25) is 34.9 Å². The zero-order valence-electron chi connectivity index (χ0n) is 16.3. The molecule has 0 fully saturated rings. The number of carbonyl (C=O) groups is 1. The van der Waals surface area contributed by atoms with E-state index in [9.17, 15) is 33.8 Å². The van der Waals surface area contributed by atoms with E-state index in [0.29, 0.717) is 11.6 Å². The molecule has 1 amide bonds. The quantitative estimate of drug-likeness (QED) is 0.296. The van der Waals surface area contributed by atoms with Crippen LogP contribution in [0.4, 0.5) is 25.3 Å². The first-order valence-electron chi connectivity index (χ1n) is 9.13. The van der Waals surface area contributed by atoms with E-state index in [1.165, 1.54) is 12.4 Å². The molecule has 0 atom stereocenters. The summed E-state index contributed by atoms with van der Waals surface area (Å²) in [6.07, 6.45) is 2.97. The Labute approximate surface area is 187 Å². The maximum Gasteiger partial charge on any atom is 0.277 e. The summed E-state index contributed by atoms with van der Waals surface area (Å²) in [5, 5.41) is 22.4. The number of hydrogen-bond acceptors (Lipinski definition) is 8. The van der Waals surface area contributed by atoms with Crippen LogP contribution in [0, 0.1) is 31.9 Å². The summed E-state index contributed by atoms with van der Waals surface area (Å²) >= 11 is 0.823. The van der Waals surface area contributed by atoms with E-state index >= 15 is 0 Å². The van der Waals surface area contributed by atoms with Gasteiger partial charge in [-0.2, -0.15) is 0 Å². The van der Waals surface area contributed by atoms with Crippen LogP contribution < -0.4 is 4.90 Å². The molecule has 10 nitrogen and oxygen atoms in total. The molecule has 0 aliphatic rings. The first kappa shape index (κ1) is 21.8. The van der Waals surface area contributed by atoms with Crippen LogP contribution in [0.15, 0.2) is 54.9 Å². The van der Waals surface area contributed by atoms with E-state index in [2.05, 4.69) is 9.97 Å². The second-order valence-electron chi connectivity index (χ2n) is 6.74. The number of anilines is 1. The summed E-state index contributed by atoms with van der Waals surface area (Å²) in [7, 11) is 0. The predicted molar refractivity (Wildman–Crippen MR) is 114 cm³/mol. The Hall–Kier alpha value is -4.39. The largest absolute Gasteiger partial charge is 0.279 e. The molecule has 0 unspecified atom stereocenters. The van der Waals surface area contributed by atoms with Crippen LogP contribution in [0.5, 0.6) is 0 Å². The average molecular weight is 471 g/mol. The van der Waals surface area contributed by atoms with Gasteiger partial charge in [0.2, 0.25) is 0 Å². The van der Waals surface area contributed by atoms with Gasteiger partial charge in [0.05, 0.1) is 32.7 Å². The third-order valence-electron chi connectivity index (χ3n) is 4.51. The van der Waals surface area contributed by atoms with E-state index in [1.54, 1.807) is 12.1 Å². The molecule has 2 aromatic carbocycles. The van der Waals surface area contributed by atoms with Crippen molar-refractivity contribution in [2.75, 3.05) is 4.90 Å². The topological polar surface area (TPSA) is 132 Å².